The minimum absolute atomic E-state index is 0.175. The molecule has 0 unspecified atom stereocenters. The van der Waals surface area contributed by atoms with Gasteiger partial charge >= 0.3 is 0 Å². The van der Waals surface area contributed by atoms with Crippen LogP contribution in [0.25, 0.3) is 6.08 Å². The third-order valence-corrected chi connectivity index (χ3v) is 5.52. The van der Waals surface area contributed by atoms with Crippen LogP contribution in [0.15, 0.2) is 41.3 Å². The molecule has 0 N–H and O–H groups in total. The van der Waals surface area contributed by atoms with Gasteiger partial charge in [0.2, 0.25) is 0 Å². The molecule has 0 bridgehead atoms. The molecule has 30 heavy (non-hydrogen) atoms. The van der Waals surface area contributed by atoms with Crippen LogP contribution in [0.4, 0.5) is 4.79 Å². The molecule has 0 radical (unpaired) electrons. The van der Waals surface area contributed by atoms with Crippen LogP contribution in [0.2, 0.25) is 5.02 Å². The van der Waals surface area contributed by atoms with Crippen molar-refractivity contribution in [1.82, 2.24) is 4.90 Å². The number of Topliss-reactive ketones (excluding diaryl/α,β-unsaturated/α-hetero) is 1. The zero-order chi connectivity index (χ0) is 21.8. The third-order valence-electron chi connectivity index (χ3n) is 4.36. The molecule has 2 amide bonds. The van der Waals surface area contributed by atoms with Gasteiger partial charge in [-0.15, -0.1) is 0 Å². The Morgan fingerprint density at radius 2 is 1.60 bits per heavy atom. The Kier molecular flexibility index (Phi) is 6.69. The molecule has 1 fully saturated rings. The molecule has 7 nitrogen and oxygen atoms in total. The van der Waals surface area contributed by atoms with E-state index < -0.39 is 11.1 Å². The molecular weight excluding hydrogens is 430 g/mol. The first-order valence-electron chi connectivity index (χ1n) is 8.72. The SMILES string of the molecule is COc1cc(OC)c(OC)cc1/C=C1/SC(=O)N(CC(=O)c2ccc(Cl)cc2)C1=O. The summed E-state index contributed by atoms with van der Waals surface area (Å²) in [7, 11) is 4.47. The van der Waals surface area contributed by atoms with Gasteiger partial charge in [0, 0.05) is 22.2 Å². The van der Waals surface area contributed by atoms with Gasteiger partial charge < -0.3 is 14.2 Å². The van der Waals surface area contributed by atoms with E-state index in [0.29, 0.717) is 33.4 Å². The fourth-order valence-corrected chi connectivity index (χ4v) is 3.77. The number of halogens is 1. The van der Waals surface area contributed by atoms with Crippen molar-refractivity contribution >= 4 is 46.4 Å². The number of thioether (sulfide) groups is 1. The minimum atomic E-state index is -0.552. The Labute approximate surface area is 182 Å². The van der Waals surface area contributed by atoms with Crippen molar-refractivity contribution in [2.45, 2.75) is 0 Å². The maximum absolute atomic E-state index is 12.8. The molecular formula is C21H18ClNO6S. The second-order valence-electron chi connectivity index (χ2n) is 6.15. The van der Waals surface area contributed by atoms with E-state index in [1.807, 2.05) is 0 Å². The number of benzene rings is 2. The fourth-order valence-electron chi connectivity index (χ4n) is 2.81. The topological polar surface area (TPSA) is 82.1 Å². The van der Waals surface area contributed by atoms with Gasteiger partial charge in [-0.1, -0.05) is 11.6 Å². The lowest BCUT2D eigenvalue weighted by Gasteiger charge is -2.13. The molecule has 1 aliphatic heterocycles. The van der Waals surface area contributed by atoms with Crippen LogP contribution >= 0.6 is 23.4 Å². The minimum Gasteiger partial charge on any atom is -0.496 e. The van der Waals surface area contributed by atoms with Crippen LogP contribution in [0, 0.1) is 0 Å². The summed E-state index contributed by atoms with van der Waals surface area (Å²) in [5.41, 5.74) is 0.897. The highest BCUT2D eigenvalue weighted by atomic mass is 35.5. The number of hydrogen-bond donors (Lipinski definition) is 0. The van der Waals surface area contributed by atoms with Gasteiger partial charge in [-0.3, -0.25) is 19.3 Å². The summed E-state index contributed by atoms with van der Waals surface area (Å²) in [4.78, 5) is 38.7. The lowest BCUT2D eigenvalue weighted by molar-refractivity contribution is -0.122. The molecule has 2 aromatic rings. The van der Waals surface area contributed by atoms with Crippen molar-refractivity contribution in [3.63, 3.8) is 0 Å². The Bertz CT molecular complexity index is 1030. The quantitative estimate of drug-likeness (QED) is 0.462. The van der Waals surface area contributed by atoms with Gasteiger partial charge in [0.25, 0.3) is 11.1 Å². The van der Waals surface area contributed by atoms with Crippen molar-refractivity contribution in [2.75, 3.05) is 27.9 Å². The summed E-state index contributed by atoms with van der Waals surface area (Å²) >= 11 is 6.58. The first-order valence-corrected chi connectivity index (χ1v) is 9.91. The van der Waals surface area contributed by atoms with Crippen LogP contribution in [0.1, 0.15) is 15.9 Å². The molecule has 0 aliphatic carbocycles. The molecule has 3 rings (SSSR count). The van der Waals surface area contributed by atoms with Crippen molar-refractivity contribution < 1.29 is 28.6 Å². The molecule has 1 heterocycles. The summed E-state index contributed by atoms with van der Waals surface area (Å²) in [6.07, 6.45) is 1.53. The van der Waals surface area contributed by atoms with Crippen molar-refractivity contribution in [1.29, 1.82) is 0 Å². The van der Waals surface area contributed by atoms with E-state index >= 15 is 0 Å². The summed E-state index contributed by atoms with van der Waals surface area (Å²) in [5, 5.41) is -0.0301. The molecule has 0 aromatic heterocycles. The van der Waals surface area contributed by atoms with E-state index in [2.05, 4.69) is 0 Å². The first kappa shape index (κ1) is 21.7. The van der Waals surface area contributed by atoms with E-state index in [9.17, 15) is 14.4 Å². The standard InChI is InChI=1S/C21H18ClNO6S/c1-27-16-10-18(29-3)17(28-2)8-13(16)9-19-20(25)23(21(26)30-19)11-15(24)12-4-6-14(22)7-5-12/h4-10H,11H2,1-3H3/b19-9+. The lowest BCUT2D eigenvalue weighted by Crippen LogP contribution is -2.33. The zero-order valence-electron chi connectivity index (χ0n) is 16.4. The van der Waals surface area contributed by atoms with Crippen molar-refractivity contribution in [2.24, 2.45) is 0 Å². The lowest BCUT2D eigenvalue weighted by atomic mass is 10.1. The fraction of sp³-hybridized carbons (Fsp3) is 0.190. The van der Waals surface area contributed by atoms with Crippen LogP contribution in [-0.2, 0) is 4.79 Å². The summed E-state index contributed by atoms with van der Waals surface area (Å²) in [6.45, 7) is -0.354. The normalized spacial score (nSPS) is 14.9. The van der Waals surface area contributed by atoms with Crippen molar-refractivity contribution in [3.05, 3.63) is 57.5 Å². The van der Waals surface area contributed by atoms with E-state index in [-0.39, 0.29) is 17.2 Å². The predicted molar refractivity (Wildman–Crippen MR) is 115 cm³/mol. The van der Waals surface area contributed by atoms with Crippen LogP contribution in [0.5, 0.6) is 17.2 Å². The molecule has 1 aliphatic rings. The van der Waals surface area contributed by atoms with Gasteiger partial charge in [-0.2, -0.15) is 0 Å². The number of methoxy groups -OCH3 is 3. The Balaban J connectivity index is 1.86. The van der Waals surface area contributed by atoms with Crippen LogP contribution in [0.3, 0.4) is 0 Å². The summed E-state index contributed by atoms with van der Waals surface area (Å²) in [6, 6.07) is 9.52. The third kappa shape index (κ3) is 4.44. The van der Waals surface area contributed by atoms with Crippen molar-refractivity contribution in [3.8, 4) is 17.2 Å². The van der Waals surface area contributed by atoms with Gasteiger partial charge in [0.15, 0.2) is 17.3 Å². The van der Waals surface area contributed by atoms with Gasteiger partial charge in [0.1, 0.15) is 5.75 Å². The molecule has 1 saturated heterocycles. The maximum atomic E-state index is 12.8. The summed E-state index contributed by atoms with van der Waals surface area (Å²) in [5.74, 6) is 0.439. The molecule has 156 valence electrons. The largest absolute Gasteiger partial charge is 0.496 e. The summed E-state index contributed by atoms with van der Waals surface area (Å²) < 4.78 is 15.9. The number of carbonyl (C=O) groups excluding carboxylic acids is 3. The second kappa shape index (κ2) is 9.23. The van der Waals surface area contributed by atoms with Crippen LogP contribution in [-0.4, -0.2) is 49.7 Å². The number of amides is 2. The van der Waals surface area contributed by atoms with E-state index in [1.165, 1.54) is 27.4 Å². The Hall–Kier alpha value is -2.97. The number of rotatable bonds is 7. The Morgan fingerprint density at radius 1 is 1.00 bits per heavy atom. The van der Waals surface area contributed by atoms with Gasteiger partial charge in [0.05, 0.1) is 32.8 Å². The molecule has 0 atom stereocenters. The molecule has 2 aromatic carbocycles. The molecule has 0 spiro atoms. The molecule has 0 saturated carbocycles. The average molecular weight is 448 g/mol. The average Bonchev–Trinajstić information content (AvgIpc) is 3.01. The number of imide groups is 1. The monoisotopic (exact) mass is 447 g/mol. The van der Waals surface area contributed by atoms with E-state index in [1.54, 1.807) is 36.4 Å². The predicted octanol–water partition coefficient (Wildman–Crippen LogP) is 4.29. The van der Waals surface area contributed by atoms with E-state index in [4.69, 9.17) is 25.8 Å². The number of ketones is 1. The highest BCUT2D eigenvalue weighted by Gasteiger charge is 2.36. The molecule has 9 heteroatoms. The highest BCUT2D eigenvalue weighted by molar-refractivity contribution is 8.18. The van der Waals surface area contributed by atoms with E-state index in [0.717, 1.165) is 16.7 Å². The maximum Gasteiger partial charge on any atom is 0.293 e. The first-order chi connectivity index (χ1) is 14.4. The smallest absolute Gasteiger partial charge is 0.293 e. The number of carbonyl (C=O) groups is 3. The second-order valence-corrected chi connectivity index (χ2v) is 7.58. The zero-order valence-corrected chi connectivity index (χ0v) is 18.0. The number of hydrogen-bond acceptors (Lipinski definition) is 7. The van der Waals surface area contributed by atoms with Gasteiger partial charge in [-0.25, -0.2) is 0 Å². The Morgan fingerprint density at radius 3 is 2.20 bits per heavy atom. The number of nitrogens with zero attached hydrogens (tertiary/aromatic N) is 1. The van der Waals surface area contributed by atoms with Crippen LogP contribution < -0.4 is 14.2 Å². The number of ether oxygens (including phenoxy) is 3. The highest BCUT2D eigenvalue weighted by Crippen LogP contribution is 2.38. The van der Waals surface area contributed by atoms with Gasteiger partial charge in [-0.05, 0) is 48.2 Å².